The molecule has 28 heavy (non-hydrogen) atoms. The lowest BCUT2D eigenvalue weighted by Crippen LogP contribution is -2.32. The Bertz CT molecular complexity index is 1200. The molecule has 7 nitrogen and oxygen atoms in total. The second-order valence-electron chi connectivity index (χ2n) is 7.51. The molecule has 0 bridgehead atoms. The van der Waals surface area contributed by atoms with Crippen molar-refractivity contribution >= 4 is 10.8 Å². The van der Waals surface area contributed by atoms with Gasteiger partial charge in [-0.05, 0) is 56.5 Å². The Labute approximate surface area is 161 Å². The van der Waals surface area contributed by atoms with Crippen LogP contribution in [0.2, 0.25) is 0 Å². The minimum atomic E-state index is -0.959. The van der Waals surface area contributed by atoms with Gasteiger partial charge in [-0.15, -0.1) is 5.10 Å². The summed E-state index contributed by atoms with van der Waals surface area (Å²) in [6.45, 7) is 5.55. The average Bonchev–Trinajstić information content (AvgIpc) is 3.05. The molecule has 3 heterocycles. The SMILES string of the molecule is Cc1c(-c2ccc3c(=O)n(CC(C)(C)O)ccc3c2)nnn1-c1cccnc1. The van der Waals surface area contributed by atoms with E-state index in [1.807, 2.05) is 37.3 Å². The maximum Gasteiger partial charge on any atom is 0.258 e. The van der Waals surface area contributed by atoms with Gasteiger partial charge in [-0.1, -0.05) is 11.3 Å². The summed E-state index contributed by atoms with van der Waals surface area (Å²) < 4.78 is 3.28. The molecule has 4 aromatic rings. The van der Waals surface area contributed by atoms with Crippen LogP contribution in [-0.4, -0.2) is 35.3 Å². The van der Waals surface area contributed by atoms with Gasteiger partial charge in [0.15, 0.2) is 0 Å². The number of hydrogen-bond acceptors (Lipinski definition) is 5. The lowest BCUT2D eigenvalue weighted by molar-refractivity contribution is 0.0606. The first-order valence-corrected chi connectivity index (χ1v) is 9.02. The van der Waals surface area contributed by atoms with Gasteiger partial charge in [-0.3, -0.25) is 9.78 Å². The van der Waals surface area contributed by atoms with Gasteiger partial charge in [0.25, 0.3) is 5.56 Å². The standard InChI is InChI=1S/C21H21N5O2/c1-14-19(23-24-26(14)17-5-4-9-22-12-17)16-6-7-18-15(11-16)8-10-25(20(18)27)13-21(2,3)28/h4-12,28H,13H2,1-3H3. The molecule has 0 unspecified atom stereocenters. The van der Waals surface area contributed by atoms with Crippen LogP contribution in [0.5, 0.6) is 0 Å². The summed E-state index contributed by atoms with van der Waals surface area (Å²) in [5.41, 5.74) is 2.30. The van der Waals surface area contributed by atoms with Crippen LogP contribution >= 0.6 is 0 Å². The van der Waals surface area contributed by atoms with Crippen LogP contribution in [0.3, 0.4) is 0 Å². The molecule has 0 aliphatic heterocycles. The lowest BCUT2D eigenvalue weighted by Gasteiger charge is -2.18. The number of pyridine rings is 2. The van der Waals surface area contributed by atoms with E-state index in [1.165, 1.54) is 4.57 Å². The summed E-state index contributed by atoms with van der Waals surface area (Å²) in [5.74, 6) is 0. The number of aliphatic hydroxyl groups is 1. The third kappa shape index (κ3) is 3.32. The predicted octanol–water partition coefficient (Wildman–Crippen LogP) is 2.72. The van der Waals surface area contributed by atoms with Crippen molar-refractivity contribution in [2.24, 2.45) is 0 Å². The van der Waals surface area contributed by atoms with E-state index in [9.17, 15) is 9.90 Å². The molecule has 1 aromatic carbocycles. The van der Waals surface area contributed by atoms with E-state index in [2.05, 4.69) is 15.3 Å². The zero-order chi connectivity index (χ0) is 19.9. The number of nitrogens with zero attached hydrogens (tertiary/aromatic N) is 5. The maximum absolute atomic E-state index is 12.7. The molecule has 7 heteroatoms. The Balaban J connectivity index is 1.76. The Kier molecular flexibility index (Phi) is 4.31. The second kappa shape index (κ2) is 6.69. The lowest BCUT2D eigenvalue weighted by atomic mass is 10.0. The molecular weight excluding hydrogens is 354 g/mol. The molecule has 0 aliphatic carbocycles. The number of fused-ring (bicyclic) bond motifs is 1. The summed E-state index contributed by atoms with van der Waals surface area (Å²) >= 11 is 0. The first kappa shape index (κ1) is 18.1. The third-order valence-electron chi connectivity index (χ3n) is 4.59. The van der Waals surface area contributed by atoms with Gasteiger partial charge in [0.05, 0.1) is 29.7 Å². The van der Waals surface area contributed by atoms with E-state index in [1.54, 1.807) is 43.2 Å². The van der Waals surface area contributed by atoms with Crippen molar-refractivity contribution in [1.29, 1.82) is 0 Å². The van der Waals surface area contributed by atoms with Gasteiger partial charge >= 0.3 is 0 Å². The molecule has 4 rings (SSSR count). The van der Waals surface area contributed by atoms with Crippen LogP contribution in [0.15, 0.2) is 59.8 Å². The minimum Gasteiger partial charge on any atom is -0.389 e. The zero-order valence-electron chi connectivity index (χ0n) is 16.0. The molecule has 0 spiro atoms. The van der Waals surface area contributed by atoms with Crippen molar-refractivity contribution < 1.29 is 5.11 Å². The molecule has 0 radical (unpaired) electrons. The zero-order valence-corrected chi connectivity index (χ0v) is 16.0. The van der Waals surface area contributed by atoms with Crippen LogP contribution in [0.1, 0.15) is 19.5 Å². The van der Waals surface area contributed by atoms with Crippen molar-refractivity contribution in [3.05, 3.63) is 71.0 Å². The van der Waals surface area contributed by atoms with Crippen LogP contribution in [-0.2, 0) is 6.54 Å². The molecular formula is C21H21N5O2. The monoisotopic (exact) mass is 375 g/mol. The highest BCUT2D eigenvalue weighted by molar-refractivity contribution is 5.86. The summed E-state index contributed by atoms with van der Waals surface area (Å²) in [5, 5.41) is 20.0. The fourth-order valence-electron chi connectivity index (χ4n) is 3.30. The second-order valence-corrected chi connectivity index (χ2v) is 7.51. The molecule has 0 amide bonds. The van der Waals surface area contributed by atoms with Crippen LogP contribution < -0.4 is 5.56 Å². The molecule has 0 aliphatic rings. The highest BCUT2D eigenvalue weighted by atomic mass is 16.3. The number of rotatable bonds is 4. The van der Waals surface area contributed by atoms with Crippen molar-refractivity contribution in [2.75, 3.05) is 0 Å². The van der Waals surface area contributed by atoms with E-state index < -0.39 is 5.60 Å². The molecule has 3 aromatic heterocycles. The summed E-state index contributed by atoms with van der Waals surface area (Å²) in [6, 6.07) is 11.3. The Morgan fingerprint density at radius 2 is 2.00 bits per heavy atom. The maximum atomic E-state index is 12.7. The van der Waals surface area contributed by atoms with E-state index in [4.69, 9.17) is 0 Å². The van der Waals surface area contributed by atoms with E-state index in [0.717, 1.165) is 28.0 Å². The summed E-state index contributed by atoms with van der Waals surface area (Å²) in [6.07, 6.45) is 5.16. The quantitative estimate of drug-likeness (QED) is 0.593. The topological polar surface area (TPSA) is 85.8 Å². The van der Waals surface area contributed by atoms with Gasteiger partial charge in [0.2, 0.25) is 0 Å². The van der Waals surface area contributed by atoms with Crippen molar-refractivity contribution in [2.45, 2.75) is 32.9 Å². The van der Waals surface area contributed by atoms with Gasteiger partial charge in [-0.2, -0.15) is 0 Å². The van der Waals surface area contributed by atoms with E-state index >= 15 is 0 Å². The number of aromatic nitrogens is 5. The van der Waals surface area contributed by atoms with E-state index in [0.29, 0.717) is 5.39 Å². The fraction of sp³-hybridized carbons (Fsp3) is 0.238. The smallest absolute Gasteiger partial charge is 0.258 e. The van der Waals surface area contributed by atoms with Gasteiger partial charge in [0, 0.05) is 23.3 Å². The Hall–Kier alpha value is -3.32. The molecule has 0 saturated carbocycles. The minimum absolute atomic E-state index is 0.123. The largest absolute Gasteiger partial charge is 0.389 e. The number of hydrogen-bond donors (Lipinski definition) is 1. The van der Waals surface area contributed by atoms with Crippen LogP contribution in [0, 0.1) is 6.92 Å². The molecule has 0 fully saturated rings. The third-order valence-corrected chi connectivity index (χ3v) is 4.59. The molecule has 0 saturated heterocycles. The highest BCUT2D eigenvalue weighted by Gasteiger charge is 2.16. The number of benzene rings is 1. The Morgan fingerprint density at radius 1 is 1.18 bits per heavy atom. The van der Waals surface area contributed by atoms with Gasteiger partial charge in [-0.25, -0.2) is 4.68 Å². The Morgan fingerprint density at radius 3 is 2.71 bits per heavy atom. The fourth-order valence-corrected chi connectivity index (χ4v) is 3.30. The summed E-state index contributed by atoms with van der Waals surface area (Å²) in [4.78, 5) is 16.8. The predicted molar refractivity (Wildman–Crippen MR) is 107 cm³/mol. The van der Waals surface area contributed by atoms with Gasteiger partial charge < -0.3 is 9.67 Å². The average molecular weight is 375 g/mol. The summed E-state index contributed by atoms with van der Waals surface area (Å²) in [7, 11) is 0. The highest BCUT2D eigenvalue weighted by Crippen LogP contribution is 2.25. The van der Waals surface area contributed by atoms with Crippen LogP contribution in [0.25, 0.3) is 27.7 Å². The van der Waals surface area contributed by atoms with Crippen molar-refractivity contribution in [1.82, 2.24) is 24.5 Å². The first-order valence-electron chi connectivity index (χ1n) is 9.02. The van der Waals surface area contributed by atoms with Crippen molar-refractivity contribution in [3.63, 3.8) is 0 Å². The van der Waals surface area contributed by atoms with Gasteiger partial charge in [0.1, 0.15) is 5.69 Å². The van der Waals surface area contributed by atoms with Crippen molar-refractivity contribution in [3.8, 4) is 16.9 Å². The normalized spacial score (nSPS) is 11.9. The molecule has 142 valence electrons. The molecule has 1 N–H and O–H groups in total. The first-order chi connectivity index (χ1) is 13.3. The van der Waals surface area contributed by atoms with Crippen LogP contribution in [0.4, 0.5) is 0 Å². The van der Waals surface area contributed by atoms with E-state index in [-0.39, 0.29) is 12.1 Å². The molecule has 0 atom stereocenters.